The van der Waals surface area contributed by atoms with E-state index in [4.69, 9.17) is 5.73 Å². The van der Waals surface area contributed by atoms with Gasteiger partial charge < -0.3 is 36.8 Å². The monoisotopic (exact) mass is 527 g/mol. The second kappa shape index (κ2) is 8.36. The first-order chi connectivity index (χ1) is 18.0. The number of Topliss-reactive ketones (excluding diaryl/α,β-unsaturated/α-hetero) is 2. The lowest BCUT2D eigenvalue weighted by molar-refractivity contribution is -0.146. The fraction of sp³-hybridized carbons (Fsp3) is 0.519. The standard InChI is InChI=1S/C27H30FN3O7/c1-2-4-30-20-13-8-10-7-11-16(21(32)12-6-9-3-5-31-19(9)15(12)18(11)28)22(33)14(10)24(35)27(13,38)25(36)17(23(20)34)26(29)37/h9-10,13,19-20,30-32,34-35,38H,2-8H2,1H3,(H2,29,37)/t9?,10-,13-,19?,20-,27-/m0/s1. The minimum absolute atomic E-state index is 0.0467. The zero-order chi connectivity index (χ0) is 27.3. The van der Waals surface area contributed by atoms with Crippen molar-refractivity contribution < 1.29 is 39.2 Å². The summed E-state index contributed by atoms with van der Waals surface area (Å²) >= 11 is 0. The number of benzene rings is 1. The largest absolute Gasteiger partial charge is 0.510 e. The van der Waals surface area contributed by atoms with Crippen LogP contribution in [-0.4, -0.2) is 62.6 Å². The van der Waals surface area contributed by atoms with Gasteiger partial charge in [-0.3, -0.25) is 14.4 Å². The van der Waals surface area contributed by atoms with Crippen LogP contribution in [0.3, 0.4) is 0 Å². The van der Waals surface area contributed by atoms with Crippen LogP contribution in [0.25, 0.3) is 0 Å². The Hall–Kier alpha value is -3.28. The van der Waals surface area contributed by atoms with Crippen molar-refractivity contribution in [1.82, 2.24) is 10.6 Å². The van der Waals surface area contributed by atoms with Gasteiger partial charge in [-0.15, -0.1) is 0 Å². The molecule has 0 bridgehead atoms. The normalized spacial score (nSPS) is 33.6. The lowest BCUT2D eigenvalue weighted by atomic mass is 9.58. The maximum atomic E-state index is 16.0. The van der Waals surface area contributed by atoms with Crippen molar-refractivity contribution in [2.45, 2.75) is 56.7 Å². The Bertz CT molecular complexity index is 1390. The van der Waals surface area contributed by atoms with E-state index < -0.39 is 63.9 Å². The highest BCUT2D eigenvalue weighted by Gasteiger charge is 2.63. The van der Waals surface area contributed by atoms with E-state index in [9.17, 15) is 34.8 Å². The second-order valence-electron chi connectivity index (χ2n) is 11.1. The molecule has 8 N–H and O–H groups in total. The molecule has 6 rings (SSSR count). The molecule has 2 unspecified atom stereocenters. The van der Waals surface area contributed by atoms with Gasteiger partial charge >= 0.3 is 0 Å². The van der Waals surface area contributed by atoms with Crippen LogP contribution in [0, 0.1) is 23.6 Å². The molecular formula is C27H30FN3O7. The molecule has 38 heavy (non-hydrogen) atoms. The number of primary amides is 1. The molecule has 1 heterocycles. The number of aliphatic hydroxyl groups is 3. The van der Waals surface area contributed by atoms with Crippen molar-refractivity contribution in [3.8, 4) is 5.75 Å². The van der Waals surface area contributed by atoms with Gasteiger partial charge in [0.05, 0.1) is 11.6 Å². The summed E-state index contributed by atoms with van der Waals surface area (Å²) in [5.74, 6) is -7.79. The summed E-state index contributed by atoms with van der Waals surface area (Å²) in [7, 11) is 0. The smallest absolute Gasteiger partial charge is 0.255 e. The fourth-order valence-corrected chi connectivity index (χ4v) is 7.48. The highest BCUT2D eigenvalue weighted by Crippen LogP contribution is 2.54. The predicted molar refractivity (Wildman–Crippen MR) is 131 cm³/mol. The summed E-state index contributed by atoms with van der Waals surface area (Å²) in [5, 5.41) is 51.3. The summed E-state index contributed by atoms with van der Waals surface area (Å²) in [6.07, 6.45) is 1.70. The first-order valence-corrected chi connectivity index (χ1v) is 13.0. The summed E-state index contributed by atoms with van der Waals surface area (Å²) in [4.78, 5) is 39.2. The van der Waals surface area contributed by atoms with E-state index in [1.165, 1.54) is 0 Å². The number of aliphatic hydroxyl groups excluding tert-OH is 2. The number of carbonyl (C=O) groups excluding carboxylic acids is 3. The molecule has 0 spiro atoms. The number of carbonyl (C=O) groups is 3. The number of phenolic OH excluding ortho intramolecular Hbond substituents is 1. The van der Waals surface area contributed by atoms with Gasteiger partial charge in [-0.1, -0.05) is 6.92 Å². The zero-order valence-corrected chi connectivity index (χ0v) is 20.8. The number of halogens is 1. The highest BCUT2D eigenvalue weighted by atomic mass is 19.1. The maximum absolute atomic E-state index is 16.0. The molecule has 11 heteroatoms. The van der Waals surface area contributed by atoms with Crippen molar-refractivity contribution in [2.24, 2.45) is 23.5 Å². The van der Waals surface area contributed by atoms with Gasteiger partial charge in [0, 0.05) is 34.2 Å². The maximum Gasteiger partial charge on any atom is 0.255 e. The van der Waals surface area contributed by atoms with Gasteiger partial charge in [0.25, 0.3) is 5.91 Å². The third-order valence-corrected chi connectivity index (χ3v) is 9.19. The number of hydrogen-bond acceptors (Lipinski definition) is 9. The molecule has 1 saturated heterocycles. The van der Waals surface area contributed by atoms with Gasteiger partial charge in [0.2, 0.25) is 5.78 Å². The van der Waals surface area contributed by atoms with E-state index >= 15 is 4.39 Å². The molecule has 1 aliphatic heterocycles. The Balaban J connectivity index is 1.52. The Morgan fingerprint density at radius 3 is 2.63 bits per heavy atom. The molecule has 1 amide bonds. The Kier molecular flexibility index (Phi) is 5.50. The van der Waals surface area contributed by atoms with E-state index in [2.05, 4.69) is 10.6 Å². The molecule has 5 aliphatic rings. The van der Waals surface area contributed by atoms with Gasteiger partial charge in [-0.25, -0.2) is 4.39 Å². The third kappa shape index (κ3) is 3.00. The zero-order valence-electron chi connectivity index (χ0n) is 20.8. The third-order valence-electron chi connectivity index (χ3n) is 9.19. The van der Waals surface area contributed by atoms with Gasteiger partial charge in [0.1, 0.15) is 28.7 Å². The van der Waals surface area contributed by atoms with Crippen LogP contribution in [0.5, 0.6) is 5.75 Å². The molecule has 1 fully saturated rings. The SMILES string of the molecule is CCCN[C@@H]1C(O)=C(C(N)=O)C(=O)[C@@]2(O)C(O)=C3C(=O)c4c(O)c5c(c(F)c4C[C@H]3C[C@@H]12)C1NCCC1C5. The molecule has 1 aromatic carbocycles. The van der Waals surface area contributed by atoms with E-state index in [1.807, 2.05) is 6.92 Å². The number of phenols is 1. The van der Waals surface area contributed by atoms with Crippen molar-refractivity contribution in [3.05, 3.63) is 50.7 Å². The van der Waals surface area contributed by atoms with Crippen LogP contribution in [-0.2, 0) is 22.4 Å². The topological polar surface area (TPSA) is 182 Å². The molecule has 0 radical (unpaired) electrons. The number of amides is 1. The van der Waals surface area contributed by atoms with Crippen molar-refractivity contribution >= 4 is 17.5 Å². The number of ketones is 2. The number of aromatic hydroxyl groups is 1. The molecule has 6 atom stereocenters. The fourth-order valence-electron chi connectivity index (χ4n) is 7.48. The summed E-state index contributed by atoms with van der Waals surface area (Å²) < 4.78 is 16.0. The molecule has 0 aromatic heterocycles. The van der Waals surface area contributed by atoms with E-state index in [0.29, 0.717) is 30.5 Å². The van der Waals surface area contributed by atoms with Gasteiger partial charge in [-0.05, 0) is 57.0 Å². The van der Waals surface area contributed by atoms with E-state index in [1.54, 1.807) is 0 Å². The van der Waals surface area contributed by atoms with Crippen LogP contribution in [0.1, 0.15) is 59.3 Å². The first kappa shape index (κ1) is 25.0. The molecule has 1 aromatic rings. The van der Waals surface area contributed by atoms with Gasteiger partial charge in [0.15, 0.2) is 11.4 Å². The number of allylic oxidation sites excluding steroid dienone is 1. The lowest BCUT2D eigenvalue weighted by Crippen LogP contribution is -2.64. The number of rotatable bonds is 4. The quantitative estimate of drug-likeness (QED) is 0.280. The van der Waals surface area contributed by atoms with Crippen molar-refractivity contribution in [2.75, 3.05) is 13.1 Å². The molecule has 10 nitrogen and oxygen atoms in total. The number of nitrogens with one attached hydrogen (secondary N) is 2. The Morgan fingerprint density at radius 2 is 1.95 bits per heavy atom. The van der Waals surface area contributed by atoms with Crippen LogP contribution in [0.4, 0.5) is 4.39 Å². The van der Waals surface area contributed by atoms with Crippen molar-refractivity contribution in [3.63, 3.8) is 0 Å². The second-order valence-corrected chi connectivity index (χ2v) is 11.1. The van der Waals surface area contributed by atoms with Crippen LogP contribution in [0.2, 0.25) is 0 Å². The van der Waals surface area contributed by atoms with Crippen LogP contribution >= 0.6 is 0 Å². The number of fused-ring (bicyclic) bond motifs is 6. The van der Waals surface area contributed by atoms with Gasteiger partial charge in [-0.2, -0.15) is 0 Å². The Morgan fingerprint density at radius 1 is 1.21 bits per heavy atom. The average Bonchev–Trinajstić information content (AvgIpc) is 3.46. The minimum atomic E-state index is -2.72. The summed E-state index contributed by atoms with van der Waals surface area (Å²) in [6.45, 7) is 2.93. The highest BCUT2D eigenvalue weighted by molar-refractivity contribution is 6.24. The first-order valence-electron chi connectivity index (χ1n) is 13.0. The van der Waals surface area contributed by atoms with E-state index in [0.717, 1.165) is 13.0 Å². The average molecular weight is 528 g/mol. The molecule has 0 saturated carbocycles. The Labute approximate surface area is 217 Å². The predicted octanol–water partition coefficient (Wildman–Crippen LogP) is 0.904. The molecular weight excluding hydrogens is 497 g/mol. The lowest BCUT2D eigenvalue weighted by Gasteiger charge is -2.49. The summed E-state index contributed by atoms with van der Waals surface area (Å²) in [5.41, 5.74) is 2.02. The summed E-state index contributed by atoms with van der Waals surface area (Å²) in [6, 6.07) is -1.37. The van der Waals surface area contributed by atoms with Crippen molar-refractivity contribution in [1.29, 1.82) is 0 Å². The number of nitrogens with two attached hydrogens (primary N) is 1. The number of hydrogen-bond donors (Lipinski definition) is 7. The minimum Gasteiger partial charge on any atom is -0.510 e. The molecule has 4 aliphatic carbocycles. The molecule has 202 valence electrons. The van der Waals surface area contributed by atoms with Crippen LogP contribution < -0.4 is 16.4 Å². The van der Waals surface area contributed by atoms with E-state index in [-0.39, 0.29) is 47.3 Å². The van der Waals surface area contributed by atoms with Crippen LogP contribution in [0.15, 0.2) is 22.7 Å².